The van der Waals surface area contributed by atoms with E-state index >= 15 is 0 Å². The second-order valence-corrected chi connectivity index (χ2v) is 3.85. The number of hydrogen-bond acceptors (Lipinski definition) is 4. The van der Waals surface area contributed by atoms with Crippen LogP contribution in [-0.2, 0) is 14.3 Å². The van der Waals surface area contributed by atoms with Crippen LogP contribution in [-0.4, -0.2) is 53.4 Å². The summed E-state index contributed by atoms with van der Waals surface area (Å²) in [7, 11) is 1.47. The first-order valence-corrected chi connectivity index (χ1v) is 5.41. The molecule has 0 bridgehead atoms. The molecular formula is C9H15NO4S. The molecule has 2 atom stereocenters. The van der Waals surface area contributed by atoms with Crippen molar-refractivity contribution in [3.05, 3.63) is 0 Å². The molecule has 86 valence electrons. The lowest BCUT2D eigenvalue weighted by molar-refractivity contribution is -0.151. The van der Waals surface area contributed by atoms with Crippen LogP contribution in [0, 0.1) is 0 Å². The first-order chi connectivity index (χ1) is 7.11. The molecule has 1 amide bonds. The first-order valence-electron chi connectivity index (χ1n) is 4.77. The number of aliphatic carboxylic acids is 1. The molecule has 0 aliphatic carbocycles. The molecule has 2 unspecified atom stereocenters. The lowest BCUT2D eigenvalue weighted by Gasteiger charge is -2.23. The largest absolute Gasteiger partial charge is 0.480 e. The van der Waals surface area contributed by atoms with E-state index in [0.29, 0.717) is 18.7 Å². The number of carbonyl (C=O) groups excluding carboxylic acids is 1. The minimum absolute atomic E-state index is 0.169. The van der Waals surface area contributed by atoms with Gasteiger partial charge in [0.25, 0.3) is 0 Å². The molecule has 1 rings (SSSR count). The fourth-order valence-electron chi connectivity index (χ4n) is 1.82. The summed E-state index contributed by atoms with van der Waals surface area (Å²) in [6.45, 7) is 0.447. The zero-order chi connectivity index (χ0) is 11.4. The predicted octanol–water partition coefficient (Wildman–Crippen LogP) is 0.00680. The van der Waals surface area contributed by atoms with Gasteiger partial charge in [0, 0.05) is 20.1 Å². The number of rotatable bonds is 4. The van der Waals surface area contributed by atoms with E-state index in [1.54, 1.807) is 0 Å². The van der Waals surface area contributed by atoms with E-state index in [1.165, 1.54) is 12.0 Å². The summed E-state index contributed by atoms with van der Waals surface area (Å²) in [6, 6.07) is -0.845. The number of hydrogen-bond donors (Lipinski definition) is 2. The Balaban J connectivity index is 2.72. The molecule has 0 spiro atoms. The number of amides is 1. The molecule has 0 aromatic heterocycles. The highest BCUT2D eigenvalue weighted by Gasteiger charge is 2.41. The molecule has 1 saturated heterocycles. The van der Waals surface area contributed by atoms with Crippen LogP contribution in [0.15, 0.2) is 0 Å². The van der Waals surface area contributed by atoms with Gasteiger partial charge in [0.2, 0.25) is 5.91 Å². The minimum Gasteiger partial charge on any atom is -0.480 e. The highest BCUT2D eigenvalue weighted by molar-refractivity contribution is 7.80. The van der Waals surface area contributed by atoms with Crippen LogP contribution in [0.5, 0.6) is 0 Å². The molecule has 1 N–H and O–H groups in total. The van der Waals surface area contributed by atoms with Gasteiger partial charge in [-0.15, -0.1) is 0 Å². The van der Waals surface area contributed by atoms with E-state index in [1.807, 2.05) is 0 Å². The number of thiol groups is 1. The Labute approximate surface area is 93.8 Å². The summed E-state index contributed by atoms with van der Waals surface area (Å²) in [6.07, 6.45) is 0.445. The standard InChI is InChI=1S/C9H15NO4S/c1-14-6-2-4-10(7(11)3-5-15)8(6)9(12)13/h6,8,15H,2-5H2,1H3,(H,12,13). The summed E-state index contributed by atoms with van der Waals surface area (Å²) < 4.78 is 5.05. The van der Waals surface area contributed by atoms with E-state index in [9.17, 15) is 9.59 Å². The molecule has 0 aromatic carbocycles. The number of carboxylic acids is 1. The smallest absolute Gasteiger partial charge is 0.329 e. The van der Waals surface area contributed by atoms with Crippen molar-refractivity contribution in [2.45, 2.75) is 25.0 Å². The molecule has 0 saturated carbocycles. The molecule has 1 fully saturated rings. The van der Waals surface area contributed by atoms with Gasteiger partial charge in [-0.2, -0.15) is 12.6 Å². The van der Waals surface area contributed by atoms with Crippen molar-refractivity contribution in [2.24, 2.45) is 0 Å². The maximum Gasteiger partial charge on any atom is 0.329 e. The average Bonchev–Trinajstić information content (AvgIpc) is 2.61. The van der Waals surface area contributed by atoms with Gasteiger partial charge in [-0.1, -0.05) is 0 Å². The van der Waals surface area contributed by atoms with E-state index < -0.39 is 18.1 Å². The SMILES string of the molecule is COC1CCN(C(=O)CCS)C1C(=O)O. The van der Waals surface area contributed by atoms with Crippen LogP contribution in [0.4, 0.5) is 0 Å². The normalized spacial score (nSPS) is 25.6. The zero-order valence-corrected chi connectivity index (χ0v) is 9.44. The Morgan fingerprint density at radius 1 is 1.60 bits per heavy atom. The number of nitrogens with zero attached hydrogens (tertiary/aromatic N) is 1. The molecular weight excluding hydrogens is 218 g/mol. The van der Waals surface area contributed by atoms with E-state index in [-0.39, 0.29) is 12.3 Å². The number of ether oxygens (including phenoxy) is 1. The van der Waals surface area contributed by atoms with E-state index in [2.05, 4.69) is 12.6 Å². The maximum absolute atomic E-state index is 11.6. The van der Waals surface area contributed by atoms with Gasteiger partial charge in [0.1, 0.15) is 0 Å². The van der Waals surface area contributed by atoms with Crippen molar-refractivity contribution in [3.8, 4) is 0 Å². The van der Waals surface area contributed by atoms with Crippen molar-refractivity contribution in [1.29, 1.82) is 0 Å². The molecule has 1 heterocycles. The lowest BCUT2D eigenvalue weighted by Crippen LogP contribution is -2.45. The van der Waals surface area contributed by atoms with E-state index in [0.717, 1.165) is 0 Å². The third-order valence-electron chi connectivity index (χ3n) is 2.54. The summed E-state index contributed by atoms with van der Waals surface area (Å²) in [4.78, 5) is 23.9. The fraction of sp³-hybridized carbons (Fsp3) is 0.778. The number of likely N-dealkylation sites (tertiary alicyclic amines) is 1. The number of methoxy groups -OCH3 is 1. The van der Waals surface area contributed by atoms with Gasteiger partial charge in [0.15, 0.2) is 6.04 Å². The Morgan fingerprint density at radius 2 is 2.27 bits per heavy atom. The molecule has 1 aliphatic heterocycles. The fourth-order valence-corrected chi connectivity index (χ4v) is 2.01. The summed E-state index contributed by atoms with van der Waals surface area (Å²) in [5.41, 5.74) is 0. The van der Waals surface area contributed by atoms with Crippen LogP contribution >= 0.6 is 12.6 Å². The van der Waals surface area contributed by atoms with Crippen molar-refractivity contribution < 1.29 is 19.4 Å². The Bertz CT molecular complexity index is 258. The van der Waals surface area contributed by atoms with Gasteiger partial charge in [0.05, 0.1) is 6.10 Å². The second-order valence-electron chi connectivity index (χ2n) is 3.41. The molecule has 5 nitrogen and oxygen atoms in total. The Hall–Kier alpha value is -0.750. The summed E-state index contributed by atoms with van der Waals surface area (Å²) >= 11 is 3.95. The van der Waals surface area contributed by atoms with Crippen LogP contribution in [0.3, 0.4) is 0 Å². The Morgan fingerprint density at radius 3 is 2.73 bits per heavy atom. The van der Waals surface area contributed by atoms with Crippen molar-refractivity contribution in [2.75, 3.05) is 19.4 Å². The third kappa shape index (κ3) is 2.63. The highest BCUT2D eigenvalue weighted by Crippen LogP contribution is 2.21. The highest BCUT2D eigenvalue weighted by atomic mass is 32.1. The van der Waals surface area contributed by atoms with Gasteiger partial charge >= 0.3 is 5.97 Å². The van der Waals surface area contributed by atoms with Gasteiger partial charge in [-0.3, -0.25) is 4.79 Å². The first kappa shape index (κ1) is 12.3. The van der Waals surface area contributed by atoms with Crippen molar-refractivity contribution in [1.82, 2.24) is 4.90 Å². The quantitative estimate of drug-likeness (QED) is 0.671. The molecule has 1 aliphatic rings. The number of carbonyl (C=O) groups is 2. The summed E-state index contributed by atoms with van der Waals surface area (Å²) in [5, 5.41) is 9.01. The molecule has 15 heavy (non-hydrogen) atoms. The topological polar surface area (TPSA) is 66.8 Å². The van der Waals surface area contributed by atoms with Crippen LogP contribution < -0.4 is 0 Å². The second kappa shape index (κ2) is 5.37. The van der Waals surface area contributed by atoms with Crippen LogP contribution in [0.2, 0.25) is 0 Å². The zero-order valence-electron chi connectivity index (χ0n) is 8.55. The number of carboxylic acid groups (broad SMARTS) is 1. The van der Waals surface area contributed by atoms with Gasteiger partial charge in [-0.25, -0.2) is 4.79 Å². The predicted molar refractivity (Wildman–Crippen MR) is 57.0 cm³/mol. The average molecular weight is 233 g/mol. The summed E-state index contributed by atoms with van der Waals surface area (Å²) in [5.74, 6) is -0.747. The molecule has 6 heteroatoms. The molecule has 0 aromatic rings. The van der Waals surface area contributed by atoms with Gasteiger partial charge in [-0.05, 0) is 12.2 Å². The van der Waals surface area contributed by atoms with E-state index in [4.69, 9.17) is 9.84 Å². The van der Waals surface area contributed by atoms with Gasteiger partial charge < -0.3 is 14.7 Å². The maximum atomic E-state index is 11.6. The van der Waals surface area contributed by atoms with Crippen molar-refractivity contribution >= 4 is 24.5 Å². The monoisotopic (exact) mass is 233 g/mol. The molecule has 0 radical (unpaired) electrons. The lowest BCUT2D eigenvalue weighted by atomic mass is 10.1. The van der Waals surface area contributed by atoms with Crippen LogP contribution in [0.1, 0.15) is 12.8 Å². The third-order valence-corrected chi connectivity index (χ3v) is 2.77. The Kier molecular flexibility index (Phi) is 4.41. The van der Waals surface area contributed by atoms with Crippen molar-refractivity contribution in [3.63, 3.8) is 0 Å². The minimum atomic E-state index is -1.01. The van der Waals surface area contributed by atoms with Crippen LogP contribution in [0.25, 0.3) is 0 Å².